The summed E-state index contributed by atoms with van der Waals surface area (Å²) in [6.45, 7) is 11.7. The Morgan fingerprint density at radius 3 is 0.800 bits per heavy atom. The molecule has 0 aromatic carbocycles. The predicted molar refractivity (Wildman–Crippen MR) is 324 cm³/mol. The SMILES string of the molecule is CC(C)C[C@@H](O)[C@H]1O[C@@H](n2cnc3c(N)ccnc32)[C@H](O)[C@@H]1O.CC(C)C[C@H](O)[C@H]1O[C@@H](n2cnc3c(N)ccnc32)[C@H](O)[C@@H]1O.CCC[C@@H](O)[C@H]1O[C@@H](n2cnc3c(N)ccnc32)[C@H](O)[C@@H]1O.CCC[C@H](O)[C@H]1O[C@@H](n2cnc3c(N)ccnc32)[C@H](O)[C@@H]1O. The van der Waals surface area contributed by atoms with Crippen molar-refractivity contribution in [2.45, 2.75) is 203 Å². The first-order chi connectivity index (χ1) is 42.9. The van der Waals surface area contributed by atoms with Gasteiger partial charge >= 0.3 is 0 Å². The largest absolute Gasteiger partial charge is 0.397 e. The molecule has 12 heterocycles. The lowest BCUT2D eigenvalue weighted by atomic mass is 9.98. The van der Waals surface area contributed by atoms with E-state index < -0.39 is 123 Å². The molecule has 90 heavy (non-hydrogen) atoms. The van der Waals surface area contributed by atoms with Crippen molar-refractivity contribution in [3.05, 3.63) is 74.4 Å². The number of rotatable bonds is 16. The van der Waals surface area contributed by atoms with Crippen LogP contribution < -0.4 is 22.9 Å². The van der Waals surface area contributed by atoms with Crippen molar-refractivity contribution in [3.8, 4) is 0 Å². The van der Waals surface area contributed by atoms with Gasteiger partial charge in [0.2, 0.25) is 0 Å². The highest BCUT2D eigenvalue weighted by Gasteiger charge is 2.51. The number of nitrogens with two attached hydrogens (primary N) is 4. The first kappa shape index (κ1) is 67.4. The van der Waals surface area contributed by atoms with E-state index in [0.717, 1.165) is 12.8 Å². The quantitative estimate of drug-likeness (QED) is 0.0589. The summed E-state index contributed by atoms with van der Waals surface area (Å²) >= 11 is 0. The molecule has 20 N–H and O–H groups in total. The van der Waals surface area contributed by atoms with Crippen molar-refractivity contribution in [2.24, 2.45) is 11.8 Å². The number of nitrogens with zero attached hydrogens (tertiary/aromatic N) is 12. The molecule has 0 amide bonds. The van der Waals surface area contributed by atoms with Gasteiger partial charge in [-0.15, -0.1) is 0 Å². The maximum absolute atomic E-state index is 10.3. The normalized spacial score (nSPS) is 29.7. The van der Waals surface area contributed by atoms with E-state index in [2.05, 4.69) is 39.9 Å². The Morgan fingerprint density at radius 2 is 0.589 bits per heavy atom. The molecule has 4 aliphatic heterocycles. The van der Waals surface area contributed by atoms with Crippen LogP contribution in [-0.4, -0.2) is 217 Å². The maximum Gasteiger partial charge on any atom is 0.165 e. The molecule has 0 radical (unpaired) electrons. The highest BCUT2D eigenvalue weighted by molar-refractivity contribution is 5.86. The minimum Gasteiger partial charge on any atom is -0.397 e. The van der Waals surface area contributed by atoms with E-state index in [1.807, 2.05) is 41.5 Å². The van der Waals surface area contributed by atoms with Crippen LogP contribution in [0.1, 0.15) is 105 Å². The molecule has 8 aromatic rings. The number of imidazole rings is 4. The minimum absolute atomic E-state index is 0.243. The first-order valence-corrected chi connectivity index (χ1v) is 29.9. The Hall–Kier alpha value is -6.96. The molecule has 0 bridgehead atoms. The number of aliphatic hydroxyl groups is 12. The summed E-state index contributed by atoms with van der Waals surface area (Å²) in [5.41, 5.74) is 29.1. The monoisotopic (exact) mass is 1260 g/mol. The summed E-state index contributed by atoms with van der Waals surface area (Å²) in [7, 11) is 0. The molecule has 8 aromatic heterocycles. The van der Waals surface area contributed by atoms with E-state index >= 15 is 0 Å². The van der Waals surface area contributed by atoms with E-state index in [0.29, 0.717) is 93.1 Å². The average molecular weight is 1260 g/mol. The number of hydrogen-bond donors (Lipinski definition) is 16. The van der Waals surface area contributed by atoms with Crippen LogP contribution >= 0.6 is 0 Å². The predicted octanol–water partition coefficient (Wildman–Crippen LogP) is -0.333. The van der Waals surface area contributed by atoms with Crippen LogP contribution in [0.15, 0.2) is 74.4 Å². The van der Waals surface area contributed by atoms with Crippen LogP contribution in [0.3, 0.4) is 0 Å². The van der Waals surface area contributed by atoms with E-state index in [1.54, 1.807) is 36.7 Å². The number of aromatic nitrogens is 12. The zero-order chi connectivity index (χ0) is 65.2. The third kappa shape index (κ3) is 13.6. The Labute approximate surface area is 516 Å². The molecule has 0 spiro atoms. The molecule has 12 rings (SSSR count). The lowest BCUT2D eigenvalue weighted by Gasteiger charge is -2.22. The smallest absolute Gasteiger partial charge is 0.165 e. The molecule has 4 fully saturated rings. The molecular weight excluding hydrogens is 1180 g/mol. The zero-order valence-electron chi connectivity index (χ0n) is 50.5. The summed E-state index contributed by atoms with van der Waals surface area (Å²) in [5, 5.41) is 122. The van der Waals surface area contributed by atoms with Crippen molar-refractivity contribution in [3.63, 3.8) is 0 Å². The molecule has 492 valence electrons. The molecule has 32 nitrogen and oxygen atoms in total. The van der Waals surface area contributed by atoms with Crippen LogP contribution in [0.2, 0.25) is 0 Å². The second-order valence-corrected chi connectivity index (χ2v) is 23.9. The average Bonchev–Trinajstić information content (AvgIpc) is 1.68. The molecule has 0 unspecified atom stereocenters. The second-order valence-electron chi connectivity index (χ2n) is 23.9. The van der Waals surface area contributed by atoms with Crippen molar-refractivity contribution in [2.75, 3.05) is 22.9 Å². The fourth-order valence-corrected chi connectivity index (χ4v) is 11.6. The third-order valence-electron chi connectivity index (χ3n) is 16.3. The summed E-state index contributed by atoms with van der Waals surface area (Å²) in [4.78, 5) is 33.5. The topological polar surface area (TPSA) is 507 Å². The van der Waals surface area contributed by atoms with Gasteiger partial charge in [-0.1, -0.05) is 54.4 Å². The third-order valence-corrected chi connectivity index (χ3v) is 16.3. The lowest BCUT2D eigenvalue weighted by Crippen LogP contribution is -2.39. The molecule has 32 heteroatoms. The molecule has 20 atom stereocenters. The van der Waals surface area contributed by atoms with Crippen LogP contribution in [0.4, 0.5) is 22.7 Å². The molecular formula is C58H84N16O16. The fourth-order valence-electron chi connectivity index (χ4n) is 11.6. The Morgan fingerprint density at radius 1 is 0.367 bits per heavy atom. The van der Waals surface area contributed by atoms with Gasteiger partial charge in [0.15, 0.2) is 47.5 Å². The van der Waals surface area contributed by atoms with Crippen LogP contribution in [-0.2, 0) is 18.9 Å². The van der Waals surface area contributed by atoms with Gasteiger partial charge in [0.1, 0.15) is 95.3 Å². The lowest BCUT2D eigenvalue weighted by molar-refractivity contribution is -0.0882. The number of fused-ring (bicyclic) bond motifs is 4. The fraction of sp³-hybridized carbons (Fsp3) is 0.586. The van der Waals surface area contributed by atoms with Crippen LogP contribution in [0.25, 0.3) is 44.7 Å². The van der Waals surface area contributed by atoms with Gasteiger partial charge in [-0.05, 0) is 61.8 Å². The number of nitrogen functional groups attached to an aromatic ring is 4. The van der Waals surface area contributed by atoms with E-state index in [9.17, 15) is 61.3 Å². The van der Waals surface area contributed by atoms with E-state index in [-0.39, 0.29) is 11.8 Å². The van der Waals surface area contributed by atoms with Gasteiger partial charge in [-0.3, -0.25) is 18.3 Å². The molecule has 0 aliphatic carbocycles. The molecule has 0 saturated carbocycles. The van der Waals surface area contributed by atoms with Crippen molar-refractivity contribution in [1.29, 1.82) is 0 Å². The standard InChI is InChI=1S/2C15H22N4O4.2C14H20N4O4/c2*1-7(2)5-9(20)13-11(21)12(22)15(23-13)19-6-18-10-8(16)3-4-17-14(10)19;2*1-2-3-8(19)12-10(20)11(21)14(22-12)18-6-17-9-7(15)4-5-16-13(9)18/h2*3-4,6-7,9,11-13,15,20-22H,5H2,1-2H3,(H2,16,17);2*4-6,8,10-12,14,19-21H,2-3H2,1H3,(H2,15,16)/t9-,11+,12-,13-,15-;9-,11-,12+,13+,15+;8-,10+,11-,12-,14-;8-,10-,11+,12+,14+/m1010/s1. The zero-order valence-corrected chi connectivity index (χ0v) is 50.5. The number of aliphatic hydroxyl groups excluding tert-OH is 12. The van der Waals surface area contributed by atoms with Crippen molar-refractivity contribution >= 4 is 67.4 Å². The number of anilines is 4. The molecule has 4 saturated heterocycles. The summed E-state index contributed by atoms with van der Waals surface area (Å²) in [6, 6.07) is 6.54. The van der Waals surface area contributed by atoms with Gasteiger partial charge < -0.3 is 103 Å². The van der Waals surface area contributed by atoms with Gasteiger partial charge in [0.05, 0.1) is 72.5 Å². The number of ether oxygens (including phenoxy) is 4. The Bertz CT molecular complexity index is 3400. The molecule has 4 aliphatic rings. The van der Waals surface area contributed by atoms with Crippen molar-refractivity contribution < 1.29 is 80.2 Å². The highest BCUT2D eigenvalue weighted by Crippen LogP contribution is 2.39. The Kier molecular flexibility index (Phi) is 21.5. The number of pyridine rings is 4. The summed E-state index contributed by atoms with van der Waals surface area (Å²) in [6.07, 6.45) is -4.39. The first-order valence-electron chi connectivity index (χ1n) is 29.9. The maximum atomic E-state index is 10.3. The number of hydrogen-bond acceptors (Lipinski definition) is 28. The van der Waals surface area contributed by atoms with E-state index in [4.69, 9.17) is 41.9 Å². The minimum atomic E-state index is -1.19. The van der Waals surface area contributed by atoms with Crippen LogP contribution in [0, 0.1) is 11.8 Å². The second kappa shape index (κ2) is 28.7. The van der Waals surface area contributed by atoms with Crippen LogP contribution in [0.5, 0.6) is 0 Å². The van der Waals surface area contributed by atoms with Gasteiger partial charge in [-0.2, -0.15) is 0 Å². The van der Waals surface area contributed by atoms with Gasteiger partial charge in [0.25, 0.3) is 0 Å². The van der Waals surface area contributed by atoms with E-state index in [1.165, 1.54) is 56.0 Å². The summed E-state index contributed by atoms with van der Waals surface area (Å²) < 4.78 is 28.9. The van der Waals surface area contributed by atoms with Gasteiger partial charge in [-0.25, -0.2) is 39.9 Å². The van der Waals surface area contributed by atoms with Crippen molar-refractivity contribution in [1.82, 2.24) is 58.1 Å². The Balaban J connectivity index is 0.000000142. The summed E-state index contributed by atoms with van der Waals surface area (Å²) in [5.74, 6) is 0.486. The van der Waals surface area contributed by atoms with Gasteiger partial charge in [0, 0.05) is 24.8 Å². The highest BCUT2D eigenvalue weighted by atomic mass is 16.6.